The predicted molar refractivity (Wildman–Crippen MR) is 114 cm³/mol. The average molecular weight is 444 g/mol. The van der Waals surface area contributed by atoms with Crippen molar-refractivity contribution in [2.45, 2.75) is 45.7 Å². The predicted octanol–water partition coefficient (Wildman–Crippen LogP) is 2.43. The van der Waals surface area contributed by atoms with Crippen molar-refractivity contribution in [2.24, 2.45) is 0 Å². The molecule has 9 heteroatoms. The summed E-state index contributed by atoms with van der Waals surface area (Å²) in [5, 5.41) is 22.1. The Balaban J connectivity index is 2.01. The van der Waals surface area contributed by atoms with Gasteiger partial charge in [-0.15, -0.1) is 0 Å². The quantitative estimate of drug-likeness (QED) is 0.558. The molecular formula is C23H28N2O7. The van der Waals surface area contributed by atoms with Crippen molar-refractivity contribution in [1.82, 2.24) is 10.4 Å². The van der Waals surface area contributed by atoms with E-state index in [4.69, 9.17) is 9.47 Å². The molecule has 0 saturated heterocycles. The van der Waals surface area contributed by atoms with E-state index in [0.29, 0.717) is 34.8 Å². The number of benzene rings is 2. The van der Waals surface area contributed by atoms with Crippen LogP contribution in [-0.2, 0) is 14.4 Å². The van der Waals surface area contributed by atoms with Crippen LogP contribution in [0.1, 0.15) is 61.0 Å². The van der Waals surface area contributed by atoms with Gasteiger partial charge < -0.3 is 24.5 Å². The molecule has 32 heavy (non-hydrogen) atoms. The normalized spacial score (nSPS) is 18.6. The van der Waals surface area contributed by atoms with Crippen molar-refractivity contribution in [2.75, 3.05) is 13.7 Å². The van der Waals surface area contributed by atoms with E-state index >= 15 is 0 Å². The molecule has 3 atom stereocenters. The van der Waals surface area contributed by atoms with E-state index in [-0.39, 0.29) is 6.42 Å². The van der Waals surface area contributed by atoms with Gasteiger partial charge in [-0.05, 0) is 31.5 Å². The van der Waals surface area contributed by atoms with Gasteiger partial charge in [-0.2, -0.15) is 5.48 Å². The summed E-state index contributed by atoms with van der Waals surface area (Å²) in [5.74, 6) is -0.276. The second kappa shape index (κ2) is 9.99. The van der Waals surface area contributed by atoms with Crippen molar-refractivity contribution in [3.63, 3.8) is 0 Å². The number of amides is 1. The second-order valence-electron chi connectivity index (χ2n) is 7.51. The molecule has 2 aromatic carbocycles. The Bertz CT molecular complexity index is 994. The Labute approximate surface area is 186 Å². The number of fused-ring (bicyclic) bond motifs is 1. The number of methoxy groups -OCH3 is 1. The molecule has 1 heterocycles. The minimum atomic E-state index is -1.15. The third-order valence-electron chi connectivity index (χ3n) is 5.28. The standard InChI is InChI=1S/C23H28N2O7/c1-5-31-20-11-15(7-9-19(20)30-4)18(12-21(27)24-32-14(3)26)25-22(28)16-8-6-13(2)10-17(16)23(25)29/h6-11,18,22-23,28-29H,5,12H2,1-4H3,(H,24,27). The van der Waals surface area contributed by atoms with Gasteiger partial charge >= 0.3 is 5.97 Å². The first kappa shape index (κ1) is 23.5. The Morgan fingerprint density at radius 2 is 1.81 bits per heavy atom. The van der Waals surface area contributed by atoms with Crippen LogP contribution in [0.2, 0.25) is 0 Å². The number of aryl methyl sites for hydroxylation is 1. The lowest BCUT2D eigenvalue weighted by Crippen LogP contribution is -2.35. The summed E-state index contributed by atoms with van der Waals surface area (Å²) in [6, 6.07) is 9.78. The van der Waals surface area contributed by atoms with E-state index in [1.54, 1.807) is 30.3 Å². The third kappa shape index (κ3) is 4.85. The Hall–Kier alpha value is -3.14. The molecule has 2 aromatic rings. The van der Waals surface area contributed by atoms with Crippen LogP contribution in [0.25, 0.3) is 0 Å². The van der Waals surface area contributed by atoms with Crippen LogP contribution in [0, 0.1) is 6.92 Å². The van der Waals surface area contributed by atoms with E-state index in [1.807, 2.05) is 19.9 Å². The van der Waals surface area contributed by atoms with Crippen LogP contribution in [-0.4, -0.2) is 40.7 Å². The number of hydroxylamine groups is 1. The highest BCUT2D eigenvalue weighted by atomic mass is 16.7. The first-order valence-corrected chi connectivity index (χ1v) is 10.3. The number of aliphatic hydroxyl groups excluding tert-OH is 2. The summed E-state index contributed by atoms with van der Waals surface area (Å²) >= 11 is 0. The van der Waals surface area contributed by atoms with Crippen LogP contribution in [0.15, 0.2) is 36.4 Å². The van der Waals surface area contributed by atoms with Gasteiger partial charge in [0.15, 0.2) is 11.5 Å². The largest absolute Gasteiger partial charge is 0.493 e. The minimum absolute atomic E-state index is 0.202. The summed E-state index contributed by atoms with van der Waals surface area (Å²) in [6.45, 7) is 5.30. The molecule has 0 saturated carbocycles. The van der Waals surface area contributed by atoms with Crippen molar-refractivity contribution >= 4 is 11.9 Å². The zero-order valence-corrected chi connectivity index (χ0v) is 18.5. The fourth-order valence-electron chi connectivity index (χ4n) is 3.86. The van der Waals surface area contributed by atoms with Gasteiger partial charge in [-0.25, -0.2) is 4.90 Å². The van der Waals surface area contributed by atoms with Gasteiger partial charge in [-0.3, -0.25) is 9.59 Å². The van der Waals surface area contributed by atoms with Gasteiger partial charge in [0.2, 0.25) is 0 Å². The first-order chi connectivity index (χ1) is 15.3. The van der Waals surface area contributed by atoms with Gasteiger partial charge in [0, 0.05) is 30.5 Å². The van der Waals surface area contributed by atoms with Crippen LogP contribution >= 0.6 is 0 Å². The summed E-state index contributed by atoms with van der Waals surface area (Å²) in [7, 11) is 1.52. The number of nitrogens with one attached hydrogen (secondary N) is 1. The smallest absolute Gasteiger partial charge is 0.329 e. The van der Waals surface area contributed by atoms with Gasteiger partial charge in [0.25, 0.3) is 5.91 Å². The number of carbonyl (C=O) groups is 2. The number of hydrogen-bond donors (Lipinski definition) is 3. The maximum absolute atomic E-state index is 12.5. The molecular weight excluding hydrogens is 416 g/mol. The molecule has 9 nitrogen and oxygen atoms in total. The summed E-state index contributed by atoms with van der Waals surface area (Å²) in [4.78, 5) is 29.6. The number of carbonyl (C=O) groups excluding carboxylic acids is 2. The molecule has 0 spiro atoms. The lowest BCUT2D eigenvalue weighted by molar-refractivity contribution is -0.158. The second-order valence-corrected chi connectivity index (χ2v) is 7.51. The molecule has 3 unspecified atom stereocenters. The van der Waals surface area contributed by atoms with Gasteiger partial charge in [0.1, 0.15) is 12.5 Å². The molecule has 0 radical (unpaired) electrons. The molecule has 1 aliphatic heterocycles. The Morgan fingerprint density at radius 3 is 2.47 bits per heavy atom. The Kier molecular flexibility index (Phi) is 7.34. The van der Waals surface area contributed by atoms with E-state index in [9.17, 15) is 19.8 Å². The zero-order chi connectivity index (χ0) is 23.4. The number of rotatable bonds is 7. The van der Waals surface area contributed by atoms with E-state index in [0.717, 1.165) is 5.56 Å². The van der Waals surface area contributed by atoms with Gasteiger partial charge in [-0.1, -0.05) is 29.8 Å². The maximum Gasteiger partial charge on any atom is 0.329 e. The molecule has 0 aliphatic carbocycles. The van der Waals surface area contributed by atoms with E-state index in [1.165, 1.54) is 18.9 Å². The van der Waals surface area contributed by atoms with Crippen LogP contribution in [0.5, 0.6) is 11.5 Å². The molecule has 3 N–H and O–H groups in total. The fraction of sp³-hybridized carbons (Fsp3) is 0.391. The monoisotopic (exact) mass is 444 g/mol. The number of nitrogens with zero attached hydrogens (tertiary/aromatic N) is 1. The minimum Gasteiger partial charge on any atom is -0.493 e. The number of aliphatic hydroxyl groups is 2. The number of hydrogen-bond acceptors (Lipinski definition) is 8. The average Bonchev–Trinajstić information content (AvgIpc) is 3.00. The highest BCUT2D eigenvalue weighted by Crippen LogP contribution is 2.47. The maximum atomic E-state index is 12.5. The summed E-state index contributed by atoms with van der Waals surface area (Å²) < 4.78 is 11.0. The van der Waals surface area contributed by atoms with Crippen LogP contribution in [0.3, 0.4) is 0 Å². The van der Waals surface area contributed by atoms with E-state index in [2.05, 4.69) is 10.3 Å². The molecule has 0 aromatic heterocycles. The summed E-state index contributed by atoms with van der Waals surface area (Å²) in [5.41, 5.74) is 4.77. The van der Waals surface area contributed by atoms with Crippen molar-refractivity contribution in [3.8, 4) is 11.5 Å². The van der Waals surface area contributed by atoms with Gasteiger partial charge in [0.05, 0.1) is 13.7 Å². The lowest BCUT2D eigenvalue weighted by atomic mass is 10.0. The highest BCUT2D eigenvalue weighted by molar-refractivity contribution is 5.78. The van der Waals surface area contributed by atoms with Crippen LogP contribution < -0.4 is 15.0 Å². The van der Waals surface area contributed by atoms with Crippen molar-refractivity contribution in [3.05, 3.63) is 58.7 Å². The molecule has 172 valence electrons. The molecule has 0 bridgehead atoms. The van der Waals surface area contributed by atoms with Crippen LogP contribution in [0.4, 0.5) is 0 Å². The summed E-state index contributed by atoms with van der Waals surface area (Å²) in [6.07, 6.45) is -2.50. The first-order valence-electron chi connectivity index (χ1n) is 10.3. The zero-order valence-electron chi connectivity index (χ0n) is 18.5. The molecule has 0 fully saturated rings. The SMILES string of the molecule is CCOc1cc(C(CC(=O)NOC(C)=O)N2C(O)c3ccc(C)cc3C2O)ccc1OC. The van der Waals surface area contributed by atoms with E-state index < -0.39 is 30.4 Å². The lowest BCUT2D eigenvalue weighted by Gasteiger charge is -2.33. The third-order valence-corrected chi connectivity index (χ3v) is 5.28. The topological polar surface area (TPSA) is 118 Å². The van der Waals surface area contributed by atoms with Crippen molar-refractivity contribution in [1.29, 1.82) is 0 Å². The molecule has 1 aliphatic rings. The van der Waals surface area contributed by atoms with Crippen molar-refractivity contribution < 1.29 is 34.1 Å². The number of ether oxygens (including phenoxy) is 2. The fourth-order valence-corrected chi connectivity index (χ4v) is 3.86. The molecule has 3 rings (SSSR count). The Morgan fingerprint density at radius 1 is 1.09 bits per heavy atom. The molecule has 1 amide bonds. The highest BCUT2D eigenvalue weighted by Gasteiger charge is 2.42.